The summed E-state index contributed by atoms with van der Waals surface area (Å²) >= 11 is 0. The Morgan fingerprint density at radius 1 is 1.15 bits per heavy atom. The van der Waals surface area contributed by atoms with Gasteiger partial charge in [-0.15, -0.1) is 5.10 Å². The second-order valence-corrected chi connectivity index (χ2v) is 6.20. The van der Waals surface area contributed by atoms with Crippen LogP contribution in [-0.4, -0.2) is 50.0 Å². The molecule has 2 aromatic heterocycles. The van der Waals surface area contributed by atoms with Crippen LogP contribution in [0, 0.1) is 0 Å². The minimum absolute atomic E-state index is 0.00597. The molecule has 3 aromatic rings. The fourth-order valence-electron chi connectivity index (χ4n) is 3.13. The maximum Gasteiger partial charge on any atom is 0.254 e. The van der Waals surface area contributed by atoms with Gasteiger partial charge in [0.15, 0.2) is 0 Å². The average Bonchev–Trinajstić information content (AvgIpc) is 3.23. The summed E-state index contributed by atoms with van der Waals surface area (Å²) < 4.78 is 7.62. The van der Waals surface area contributed by atoms with Crippen LogP contribution >= 0.6 is 0 Å². The normalized spacial score (nSPS) is 17.1. The van der Waals surface area contributed by atoms with E-state index in [1.165, 1.54) is 0 Å². The van der Waals surface area contributed by atoms with Crippen molar-refractivity contribution in [1.29, 1.82) is 0 Å². The van der Waals surface area contributed by atoms with Crippen molar-refractivity contribution in [3.8, 4) is 11.6 Å². The molecule has 7 heteroatoms. The Morgan fingerprint density at radius 2 is 2.12 bits per heavy atom. The first-order valence-corrected chi connectivity index (χ1v) is 8.63. The van der Waals surface area contributed by atoms with E-state index >= 15 is 0 Å². The van der Waals surface area contributed by atoms with Gasteiger partial charge in [-0.25, -0.2) is 4.68 Å². The van der Waals surface area contributed by atoms with Crippen molar-refractivity contribution in [1.82, 2.24) is 24.9 Å². The van der Waals surface area contributed by atoms with E-state index in [4.69, 9.17) is 4.74 Å². The Morgan fingerprint density at radius 3 is 2.92 bits per heavy atom. The van der Waals surface area contributed by atoms with Crippen LogP contribution in [-0.2, 0) is 0 Å². The number of aromatic nitrogens is 4. The highest BCUT2D eigenvalue weighted by molar-refractivity contribution is 5.94. The Balaban J connectivity index is 1.47. The molecule has 0 aliphatic carbocycles. The van der Waals surface area contributed by atoms with E-state index in [1.807, 2.05) is 41.4 Å². The highest BCUT2D eigenvalue weighted by Gasteiger charge is 2.26. The van der Waals surface area contributed by atoms with Gasteiger partial charge in [0.1, 0.15) is 6.10 Å². The van der Waals surface area contributed by atoms with E-state index in [9.17, 15) is 4.79 Å². The van der Waals surface area contributed by atoms with Gasteiger partial charge in [-0.3, -0.25) is 4.79 Å². The zero-order valence-corrected chi connectivity index (χ0v) is 14.2. The van der Waals surface area contributed by atoms with Crippen molar-refractivity contribution in [3.05, 3.63) is 66.6 Å². The molecular formula is C19H19N5O2. The molecule has 0 N–H and O–H groups in total. The van der Waals surface area contributed by atoms with Gasteiger partial charge in [0.05, 0.1) is 12.2 Å². The molecule has 0 spiro atoms. The lowest BCUT2D eigenvalue weighted by molar-refractivity contribution is 0.0525. The highest BCUT2D eigenvalue weighted by Crippen LogP contribution is 2.19. The lowest BCUT2D eigenvalue weighted by Gasteiger charge is -2.32. The largest absolute Gasteiger partial charge is 0.471 e. The molecule has 1 amide bonds. The SMILES string of the molecule is O=C(c1cccc(-n2cccn2)c1)N1CCCC(Oc2cccnn2)C1. The maximum atomic E-state index is 12.9. The molecule has 1 atom stereocenters. The third-order valence-electron chi connectivity index (χ3n) is 4.36. The number of hydrogen-bond acceptors (Lipinski definition) is 5. The number of likely N-dealkylation sites (tertiary alicyclic amines) is 1. The molecule has 0 saturated carbocycles. The molecule has 1 fully saturated rings. The molecule has 26 heavy (non-hydrogen) atoms. The second-order valence-electron chi connectivity index (χ2n) is 6.20. The molecule has 0 radical (unpaired) electrons. The van der Waals surface area contributed by atoms with E-state index < -0.39 is 0 Å². The lowest BCUT2D eigenvalue weighted by Crippen LogP contribution is -2.44. The van der Waals surface area contributed by atoms with Crippen LogP contribution in [0.3, 0.4) is 0 Å². The standard InChI is InChI=1S/C19H19N5O2/c25-19(15-5-1-6-16(13-15)24-12-4-10-21-24)23-11-3-7-17(14-23)26-18-8-2-9-20-22-18/h1-2,4-6,8-10,12-13,17H,3,7,11,14H2. The quantitative estimate of drug-likeness (QED) is 0.723. The minimum atomic E-state index is -0.0706. The summed E-state index contributed by atoms with van der Waals surface area (Å²) in [7, 11) is 0. The summed E-state index contributed by atoms with van der Waals surface area (Å²) in [6.07, 6.45) is 6.90. The first kappa shape index (κ1) is 16.3. The molecule has 3 heterocycles. The van der Waals surface area contributed by atoms with E-state index in [0.717, 1.165) is 25.1 Å². The van der Waals surface area contributed by atoms with Crippen LogP contribution in [0.5, 0.6) is 5.88 Å². The predicted molar refractivity (Wildman–Crippen MR) is 95.1 cm³/mol. The lowest BCUT2D eigenvalue weighted by atomic mass is 10.1. The fourth-order valence-corrected chi connectivity index (χ4v) is 3.13. The molecule has 1 aromatic carbocycles. The number of nitrogens with zero attached hydrogens (tertiary/aromatic N) is 5. The molecule has 4 rings (SSSR count). The molecule has 1 aliphatic heterocycles. The fraction of sp³-hybridized carbons (Fsp3) is 0.263. The summed E-state index contributed by atoms with van der Waals surface area (Å²) in [5, 5.41) is 12.0. The molecule has 1 aliphatic rings. The van der Waals surface area contributed by atoms with Crippen molar-refractivity contribution in [2.45, 2.75) is 18.9 Å². The molecule has 7 nitrogen and oxygen atoms in total. The van der Waals surface area contributed by atoms with E-state index in [1.54, 1.807) is 29.2 Å². The smallest absolute Gasteiger partial charge is 0.254 e. The van der Waals surface area contributed by atoms with Gasteiger partial charge in [0.25, 0.3) is 5.91 Å². The number of benzene rings is 1. The zero-order valence-electron chi connectivity index (χ0n) is 14.2. The zero-order chi connectivity index (χ0) is 17.8. The number of ether oxygens (including phenoxy) is 1. The Bertz CT molecular complexity index is 867. The molecule has 0 bridgehead atoms. The molecule has 1 saturated heterocycles. The third-order valence-corrected chi connectivity index (χ3v) is 4.36. The third kappa shape index (κ3) is 3.56. The Labute approximate surface area is 151 Å². The molecule has 132 valence electrons. The van der Waals surface area contributed by atoms with Gasteiger partial charge in [-0.2, -0.15) is 10.2 Å². The first-order chi connectivity index (χ1) is 12.8. The van der Waals surface area contributed by atoms with Crippen LogP contribution in [0.1, 0.15) is 23.2 Å². The van der Waals surface area contributed by atoms with Crippen LogP contribution in [0.15, 0.2) is 61.1 Å². The Hall–Kier alpha value is -3.22. The van der Waals surface area contributed by atoms with Crippen molar-refractivity contribution < 1.29 is 9.53 Å². The Kier molecular flexibility index (Phi) is 4.59. The van der Waals surface area contributed by atoms with Crippen LogP contribution in [0.4, 0.5) is 0 Å². The van der Waals surface area contributed by atoms with Crippen LogP contribution in [0.2, 0.25) is 0 Å². The summed E-state index contributed by atoms with van der Waals surface area (Å²) in [6.45, 7) is 1.27. The number of rotatable bonds is 4. The van der Waals surface area contributed by atoms with Crippen LogP contribution < -0.4 is 4.74 Å². The monoisotopic (exact) mass is 349 g/mol. The average molecular weight is 349 g/mol. The van der Waals surface area contributed by atoms with E-state index in [0.29, 0.717) is 18.0 Å². The molecular weight excluding hydrogens is 330 g/mol. The number of piperidine rings is 1. The van der Waals surface area contributed by atoms with Gasteiger partial charge in [0.2, 0.25) is 5.88 Å². The summed E-state index contributed by atoms with van der Waals surface area (Å²) in [6, 6.07) is 12.9. The number of carbonyl (C=O) groups excluding carboxylic acids is 1. The van der Waals surface area contributed by atoms with Crippen molar-refractivity contribution in [3.63, 3.8) is 0 Å². The highest BCUT2D eigenvalue weighted by atomic mass is 16.5. The second kappa shape index (κ2) is 7.35. The first-order valence-electron chi connectivity index (χ1n) is 8.63. The van der Waals surface area contributed by atoms with Gasteiger partial charge >= 0.3 is 0 Å². The van der Waals surface area contributed by atoms with Gasteiger partial charge in [-0.1, -0.05) is 6.07 Å². The molecule has 1 unspecified atom stereocenters. The van der Waals surface area contributed by atoms with Crippen molar-refractivity contribution in [2.75, 3.05) is 13.1 Å². The predicted octanol–water partition coefficient (Wildman–Crippen LogP) is 2.35. The number of amides is 1. The van der Waals surface area contributed by atoms with E-state index in [-0.39, 0.29) is 12.0 Å². The summed E-state index contributed by atoms with van der Waals surface area (Å²) in [5.41, 5.74) is 1.52. The van der Waals surface area contributed by atoms with Crippen LogP contribution in [0.25, 0.3) is 5.69 Å². The number of hydrogen-bond donors (Lipinski definition) is 0. The number of carbonyl (C=O) groups is 1. The maximum absolute atomic E-state index is 12.9. The van der Waals surface area contributed by atoms with Crippen molar-refractivity contribution in [2.24, 2.45) is 0 Å². The summed E-state index contributed by atoms with van der Waals surface area (Å²) in [5.74, 6) is 0.499. The van der Waals surface area contributed by atoms with Crippen molar-refractivity contribution >= 4 is 5.91 Å². The van der Waals surface area contributed by atoms with E-state index in [2.05, 4.69) is 15.3 Å². The summed E-state index contributed by atoms with van der Waals surface area (Å²) in [4.78, 5) is 14.8. The van der Waals surface area contributed by atoms with Gasteiger partial charge in [-0.05, 0) is 43.2 Å². The van der Waals surface area contributed by atoms with Gasteiger partial charge in [0, 0.05) is 36.8 Å². The minimum Gasteiger partial charge on any atom is -0.471 e. The van der Waals surface area contributed by atoms with Gasteiger partial charge < -0.3 is 9.64 Å². The topological polar surface area (TPSA) is 73.1 Å².